The van der Waals surface area contributed by atoms with Crippen LogP contribution in [0.2, 0.25) is 5.02 Å². The van der Waals surface area contributed by atoms with Crippen LogP contribution in [0.25, 0.3) is 0 Å². The van der Waals surface area contributed by atoms with E-state index < -0.39 is 10.0 Å². The Morgan fingerprint density at radius 2 is 1.93 bits per heavy atom. The average molecular weight is 419 g/mol. The third-order valence-electron chi connectivity index (χ3n) is 4.46. The first-order valence-corrected chi connectivity index (χ1v) is 10.9. The van der Waals surface area contributed by atoms with Gasteiger partial charge in [-0.2, -0.15) is 12.8 Å². The van der Waals surface area contributed by atoms with E-state index in [0.29, 0.717) is 34.2 Å². The van der Waals surface area contributed by atoms with Crippen LogP contribution in [0.15, 0.2) is 64.4 Å². The summed E-state index contributed by atoms with van der Waals surface area (Å²) in [6.07, 6.45) is 3.76. The SMILES string of the molecule is C=CCN(C)CCCCOc1ccc2c(c1)S(=O)(=O)N=C2c1ccc(Cl)cc1. The number of ether oxygens (including phenoxy) is 1. The van der Waals surface area contributed by atoms with Crippen molar-refractivity contribution >= 4 is 27.3 Å². The molecule has 0 atom stereocenters. The van der Waals surface area contributed by atoms with Crippen molar-refractivity contribution in [3.63, 3.8) is 0 Å². The molecule has 3 rings (SSSR count). The predicted molar refractivity (Wildman–Crippen MR) is 113 cm³/mol. The van der Waals surface area contributed by atoms with E-state index in [1.807, 2.05) is 13.1 Å². The molecule has 0 amide bonds. The summed E-state index contributed by atoms with van der Waals surface area (Å²) in [7, 11) is -1.68. The maximum atomic E-state index is 12.5. The first kappa shape index (κ1) is 20.6. The molecule has 0 aromatic heterocycles. The topological polar surface area (TPSA) is 59.0 Å². The number of fused-ring (bicyclic) bond motifs is 1. The summed E-state index contributed by atoms with van der Waals surface area (Å²) in [4.78, 5) is 2.37. The molecule has 0 spiro atoms. The van der Waals surface area contributed by atoms with Crippen molar-refractivity contribution in [2.75, 3.05) is 26.7 Å². The average Bonchev–Trinajstić information content (AvgIpc) is 2.93. The van der Waals surface area contributed by atoms with E-state index in [1.54, 1.807) is 42.5 Å². The lowest BCUT2D eigenvalue weighted by molar-refractivity contribution is 0.287. The molecule has 0 radical (unpaired) electrons. The minimum Gasteiger partial charge on any atom is -0.494 e. The van der Waals surface area contributed by atoms with Gasteiger partial charge in [-0.15, -0.1) is 6.58 Å². The molecule has 28 heavy (non-hydrogen) atoms. The molecule has 2 aromatic rings. The minimum absolute atomic E-state index is 0.181. The summed E-state index contributed by atoms with van der Waals surface area (Å²) in [5, 5.41) is 0.588. The normalized spacial score (nSPS) is 14.6. The second-order valence-corrected chi connectivity index (χ2v) is 8.70. The van der Waals surface area contributed by atoms with E-state index in [0.717, 1.165) is 25.9 Å². The lowest BCUT2D eigenvalue weighted by Gasteiger charge is -2.14. The van der Waals surface area contributed by atoms with Crippen molar-refractivity contribution in [3.05, 3.63) is 71.3 Å². The Bertz CT molecular complexity index is 985. The molecular formula is C21H23ClN2O3S. The number of unbranched alkanes of at least 4 members (excludes halogenated alkanes) is 1. The summed E-state index contributed by atoms with van der Waals surface area (Å²) in [5.41, 5.74) is 1.73. The van der Waals surface area contributed by atoms with E-state index in [4.69, 9.17) is 16.3 Å². The number of rotatable bonds is 9. The molecule has 148 valence electrons. The van der Waals surface area contributed by atoms with Crippen molar-refractivity contribution in [2.45, 2.75) is 17.7 Å². The maximum Gasteiger partial charge on any atom is 0.283 e. The molecule has 1 aliphatic heterocycles. The number of halogens is 1. The summed E-state index contributed by atoms with van der Waals surface area (Å²) in [6, 6.07) is 12.1. The van der Waals surface area contributed by atoms with E-state index in [1.165, 1.54) is 0 Å². The molecule has 0 saturated heterocycles. The maximum absolute atomic E-state index is 12.5. The van der Waals surface area contributed by atoms with Gasteiger partial charge in [0.2, 0.25) is 0 Å². The lowest BCUT2D eigenvalue weighted by Crippen LogP contribution is -2.19. The zero-order valence-electron chi connectivity index (χ0n) is 15.8. The van der Waals surface area contributed by atoms with Gasteiger partial charge in [-0.3, -0.25) is 0 Å². The van der Waals surface area contributed by atoms with Gasteiger partial charge in [0, 0.05) is 28.8 Å². The summed E-state index contributed by atoms with van der Waals surface area (Å²) in [5.74, 6) is 0.536. The quantitative estimate of drug-likeness (QED) is 0.453. The highest BCUT2D eigenvalue weighted by molar-refractivity contribution is 7.90. The first-order chi connectivity index (χ1) is 13.4. The van der Waals surface area contributed by atoms with Gasteiger partial charge in [0.25, 0.3) is 10.0 Å². The lowest BCUT2D eigenvalue weighted by atomic mass is 10.0. The Kier molecular flexibility index (Phi) is 6.54. The Morgan fingerprint density at radius 3 is 2.64 bits per heavy atom. The van der Waals surface area contributed by atoms with Crippen LogP contribution in [-0.4, -0.2) is 45.8 Å². The van der Waals surface area contributed by atoms with Crippen molar-refractivity contribution in [3.8, 4) is 5.75 Å². The molecule has 5 nitrogen and oxygen atoms in total. The van der Waals surface area contributed by atoms with E-state index >= 15 is 0 Å². The van der Waals surface area contributed by atoms with Gasteiger partial charge < -0.3 is 9.64 Å². The molecule has 0 unspecified atom stereocenters. The Morgan fingerprint density at radius 1 is 1.18 bits per heavy atom. The highest BCUT2D eigenvalue weighted by Crippen LogP contribution is 2.32. The van der Waals surface area contributed by atoms with E-state index in [9.17, 15) is 8.42 Å². The van der Waals surface area contributed by atoms with Gasteiger partial charge in [-0.25, -0.2) is 0 Å². The molecule has 0 aliphatic carbocycles. The molecule has 2 aromatic carbocycles. The number of nitrogens with zero attached hydrogens (tertiary/aromatic N) is 2. The van der Waals surface area contributed by atoms with Crippen molar-refractivity contribution in [2.24, 2.45) is 4.40 Å². The molecule has 0 fully saturated rings. The van der Waals surface area contributed by atoms with Crippen LogP contribution in [0.3, 0.4) is 0 Å². The molecule has 1 heterocycles. The molecular weight excluding hydrogens is 396 g/mol. The summed E-state index contributed by atoms with van der Waals surface area (Å²) in [6.45, 7) is 6.08. The Labute approximate surface area is 171 Å². The number of sulfonamides is 1. The fourth-order valence-corrected chi connectivity index (χ4v) is 4.40. The smallest absolute Gasteiger partial charge is 0.283 e. The van der Waals surface area contributed by atoms with Gasteiger partial charge in [0.15, 0.2) is 0 Å². The fourth-order valence-electron chi connectivity index (χ4n) is 3.02. The third-order valence-corrected chi connectivity index (χ3v) is 6.03. The number of benzene rings is 2. The van der Waals surface area contributed by atoms with Crippen LogP contribution < -0.4 is 4.74 Å². The van der Waals surface area contributed by atoms with Crippen LogP contribution >= 0.6 is 11.6 Å². The van der Waals surface area contributed by atoms with Crippen LogP contribution in [0.4, 0.5) is 0 Å². The van der Waals surface area contributed by atoms with Crippen molar-refractivity contribution in [1.29, 1.82) is 0 Å². The minimum atomic E-state index is -3.73. The van der Waals surface area contributed by atoms with E-state index in [-0.39, 0.29) is 4.90 Å². The highest BCUT2D eigenvalue weighted by Gasteiger charge is 2.30. The number of likely N-dealkylation sites (N-methyl/N-ethyl adjacent to an activating group) is 1. The first-order valence-electron chi connectivity index (χ1n) is 9.08. The standard InChI is InChI=1S/C21H23ClN2O3S/c1-3-12-24(2)13-4-5-14-27-18-10-11-19-20(15-18)28(25,26)23-21(19)16-6-8-17(22)9-7-16/h3,6-11,15H,1,4-5,12-14H2,2H3. The monoisotopic (exact) mass is 418 g/mol. The Balaban J connectivity index is 1.67. The zero-order chi connectivity index (χ0) is 20.1. The van der Waals surface area contributed by atoms with Gasteiger partial charge in [-0.1, -0.05) is 29.8 Å². The fraction of sp³-hybridized carbons (Fsp3) is 0.286. The molecule has 0 saturated carbocycles. The predicted octanol–water partition coefficient (Wildman–Crippen LogP) is 4.16. The van der Waals surface area contributed by atoms with Gasteiger partial charge >= 0.3 is 0 Å². The van der Waals surface area contributed by atoms with E-state index in [2.05, 4.69) is 15.9 Å². The summed E-state index contributed by atoms with van der Waals surface area (Å²) < 4.78 is 34.7. The zero-order valence-corrected chi connectivity index (χ0v) is 17.3. The van der Waals surface area contributed by atoms with Crippen LogP contribution in [0.1, 0.15) is 24.0 Å². The molecule has 1 aliphatic rings. The van der Waals surface area contributed by atoms with Crippen LogP contribution in [-0.2, 0) is 10.0 Å². The largest absolute Gasteiger partial charge is 0.494 e. The van der Waals surface area contributed by atoms with Crippen molar-refractivity contribution < 1.29 is 13.2 Å². The number of hydrogen-bond acceptors (Lipinski definition) is 4. The molecule has 0 bridgehead atoms. The second-order valence-electron chi connectivity index (χ2n) is 6.69. The van der Waals surface area contributed by atoms with Crippen molar-refractivity contribution in [1.82, 2.24) is 4.90 Å². The van der Waals surface area contributed by atoms with Crippen LogP contribution in [0.5, 0.6) is 5.75 Å². The third kappa shape index (κ3) is 4.82. The van der Waals surface area contributed by atoms with Crippen LogP contribution in [0, 0.1) is 0 Å². The second kappa shape index (κ2) is 8.90. The number of hydrogen-bond donors (Lipinski definition) is 0. The van der Waals surface area contributed by atoms with Gasteiger partial charge in [0.1, 0.15) is 10.6 Å². The Hall–Kier alpha value is -2.15. The molecule has 0 N–H and O–H groups in total. The van der Waals surface area contributed by atoms with Gasteiger partial charge in [-0.05, 0) is 50.7 Å². The summed E-state index contributed by atoms with van der Waals surface area (Å²) >= 11 is 5.92. The molecule has 7 heteroatoms. The highest BCUT2D eigenvalue weighted by atomic mass is 35.5. The van der Waals surface area contributed by atoms with Gasteiger partial charge in [0.05, 0.1) is 12.3 Å².